The molecular formula is C17H27N5O3. The molecule has 3 unspecified atom stereocenters. The number of ether oxygens (including phenoxy) is 3. The Morgan fingerprint density at radius 2 is 2.00 bits per heavy atom. The molecule has 25 heavy (non-hydrogen) atoms. The van der Waals surface area contributed by atoms with Crippen LogP contribution >= 0.6 is 0 Å². The molecule has 4 aliphatic rings. The molecule has 4 heterocycles. The fourth-order valence-corrected chi connectivity index (χ4v) is 4.59. The molecule has 4 fully saturated rings. The van der Waals surface area contributed by atoms with E-state index in [-0.39, 0.29) is 6.04 Å². The maximum Gasteiger partial charge on any atom is 0.245 e. The van der Waals surface area contributed by atoms with Crippen LogP contribution in [0.15, 0.2) is 0 Å². The number of piperidine rings is 1. The second-order valence-electron chi connectivity index (χ2n) is 8.02. The molecule has 3 aliphatic heterocycles. The van der Waals surface area contributed by atoms with Crippen LogP contribution in [-0.2, 0) is 14.2 Å². The van der Waals surface area contributed by atoms with Gasteiger partial charge in [-0.2, -0.15) is 0 Å². The fraction of sp³-hybridized carbons (Fsp3) is 0.941. The van der Waals surface area contributed by atoms with Gasteiger partial charge in [-0.25, -0.2) is 4.68 Å². The Hall–Kier alpha value is -1.25. The molecule has 0 radical (unpaired) electrons. The highest BCUT2D eigenvalue weighted by atomic mass is 16.7. The SMILES string of the molecule is CC1(C2CCCN(c3nnnn3C3COC(C4CC4)C3)C2)OCCO1. The van der Waals surface area contributed by atoms with Crippen molar-refractivity contribution in [2.24, 2.45) is 11.8 Å². The van der Waals surface area contributed by atoms with Gasteiger partial charge in [0.2, 0.25) is 5.95 Å². The number of hydrogen-bond acceptors (Lipinski definition) is 7. The van der Waals surface area contributed by atoms with Crippen molar-refractivity contribution in [1.82, 2.24) is 20.2 Å². The van der Waals surface area contributed by atoms with E-state index in [1.54, 1.807) is 0 Å². The molecular weight excluding hydrogens is 322 g/mol. The molecule has 1 aliphatic carbocycles. The summed E-state index contributed by atoms with van der Waals surface area (Å²) < 4.78 is 19.8. The molecule has 0 bridgehead atoms. The van der Waals surface area contributed by atoms with Crippen molar-refractivity contribution >= 4 is 5.95 Å². The first-order valence-electron chi connectivity index (χ1n) is 9.65. The van der Waals surface area contributed by atoms with Crippen molar-refractivity contribution in [3.05, 3.63) is 0 Å². The Kier molecular flexibility index (Phi) is 3.94. The van der Waals surface area contributed by atoms with Crippen molar-refractivity contribution < 1.29 is 14.2 Å². The van der Waals surface area contributed by atoms with Gasteiger partial charge in [-0.15, -0.1) is 0 Å². The van der Waals surface area contributed by atoms with Crippen LogP contribution in [0, 0.1) is 11.8 Å². The zero-order valence-electron chi connectivity index (χ0n) is 14.8. The van der Waals surface area contributed by atoms with E-state index in [4.69, 9.17) is 14.2 Å². The van der Waals surface area contributed by atoms with Gasteiger partial charge >= 0.3 is 0 Å². The van der Waals surface area contributed by atoms with Gasteiger partial charge in [0.1, 0.15) is 0 Å². The van der Waals surface area contributed by atoms with Crippen LogP contribution in [0.3, 0.4) is 0 Å². The number of nitrogens with zero attached hydrogens (tertiary/aromatic N) is 5. The molecule has 0 amide bonds. The molecule has 5 rings (SSSR count). The maximum absolute atomic E-state index is 6.00. The van der Waals surface area contributed by atoms with Crippen LogP contribution in [-0.4, -0.2) is 65.0 Å². The highest BCUT2D eigenvalue weighted by Gasteiger charge is 2.43. The highest BCUT2D eigenvalue weighted by Crippen LogP contribution is 2.42. The maximum atomic E-state index is 6.00. The van der Waals surface area contributed by atoms with Gasteiger partial charge in [-0.1, -0.05) is 5.10 Å². The van der Waals surface area contributed by atoms with E-state index in [0.29, 0.717) is 25.2 Å². The van der Waals surface area contributed by atoms with Gasteiger partial charge in [-0.05, 0) is 55.4 Å². The smallest absolute Gasteiger partial charge is 0.245 e. The van der Waals surface area contributed by atoms with E-state index in [9.17, 15) is 0 Å². The fourth-order valence-electron chi connectivity index (χ4n) is 4.59. The lowest BCUT2D eigenvalue weighted by Gasteiger charge is -2.40. The Bertz CT molecular complexity index is 613. The molecule has 8 nitrogen and oxygen atoms in total. The Balaban J connectivity index is 1.31. The van der Waals surface area contributed by atoms with Gasteiger partial charge in [-0.3, -0.25) is 0 Å². The van der Waals surface area contributed by atoms with Crippen LogP contribution in [0.1, 0.15) is 45.1 Å². The van der Waals surface area contributed by atoms with Crippen molar-refractivity contribution in [1.29, 1.82) is 0 Å². The zero-order chi connectivity index (χ0) is 16.9. The third-order valence-electron chi connectivity index (χ3n) is 6.28. The molecule has 3 saturated heterocycles. The summed E-state index contributed by atoms with van der Waals surface area (Å²) in [5.41, 5.74) is 0. The monoisotopic (exact) mass is 349 g/mol. The summed E-state index contributed by atoms with van der Waals surface area (Å²) in [4.78, 5) is 2.30. The largest absolute Gasteiger partial charge is 0.376 e. The molecule has 0 N–H and O–H groups in total. The summed E-state index contributed by atoms with van der Waals surface area (Å²) in [5.74, 6) is 1.51. The quantitative estimate of drug-likeness (QED) is 0.813. The van der Waals surface area contributed by atoms with Crippen molar-refractivity contribution in [2.75, 3.05) is 37.8 Å². The molecule has 0 aromatic carbocycles. The first-order chi connectivity index (χ1) is 12.2. The summed E-state index contributed by atoms with van der Waals surface area (Å²) in [5, 5.41) is 12.6. The zero-order valence-corrected chi connectivity index (χ0v) is 14.8. The third-order valence-corrected chi connectivity index (χ3v) is 6.28. The van der Waals surface area contributed by atoms with E-state index in [1.165, 1.54) is 12.8 Å². The van der Waals surface area contributed by atoms with Gasteiger partial charge < -0.3 is 19.1 Å². The van der Waals surface area contributed by atoms with Gasteiger partial charge in [0.05, 0.1) is 32.0 Å². The van der Waals surface area contributed by atoms with Crippen LogP contribution in [0.25, 0.3) is 0 Å². The predicted molar refractivity (Wildman–Crippen MR) is 89.2 cm³/mol. The number of aromatic nitrogens is 4. The number of hydrogen-bond donors (Lipinski definition) is 0. The van der Waals surface area contributed by atoms with E-state index in [1.807, 2.05) is 4.68 Å². The number of rotatable bonds is 4. The molecule has 8 heteroatoms. The van der Waals surface area contributed by atoms with E-state index in [0.717, 1.165) is 50.8 Å². The second kappa shape index (κ2) is 6.17. The highest BCUT2D eigenvalue weighted by molar-refractivity contribution is 5.30. The van der Waals surface area contributed by atoms with Crippen molar-refractivity contribution in [3.8, 4) is 0 Å². The molecule has 1 saturated carbocycles. The Morgan fingerprint density at radius 1 is 1.16 bits per heavy atom. The minimum Gasteiger partial charge on any atom is -0.376 e. The average molecular weight is 349 g/mol. The van der Waals surface area contributed by atoms with E-state index >= 15 is 0 Å². The number of anilines is 1. The van der Waals surface area contributed by atoms with Gasteiger partial charge in [0, 0.05) is 19.0 Å². The van der Waals surface area contributed by atoms with Crippen LogP contribution in [0.4, 0.5) is 5.95 Å². The van der Waals surface area contributed by atoms with Crippen molar-refractivity contribution in [3.63, 3.8) is 0 Å². The van der Waals surface area contributed by atoms with Crippen molar-refractivity contribution in [2.45, 2.75) is 57.0 Å². The normalized spacial score (nSPS) is 35.4. The summed E-state index contributed by atoms with van der Waals surface area (Å²) >= 11 is 0. The first kappa shape index (κ1) is 16.0. The predicted octanol–water partition coefficient (Wildman–Crippen LogP) is 1.39. The summed E-state index contributed by atoms with van der Waals surface area (Å²) in [6.45, 7) is 6.02. The van der Waals surface area contributed by atoms with Crippen LogP contribution in [0.2, 0.25) is 0 Å². The molecule has 138 valence electrons. The van der Waals surface area contributed by atoms with E-state index < -0.39 is 5.79 Å². The minimum atomic E-state index is -0.468. The molecule has 1 aromatic rings. The van der Waals surface area contributed by atoms with Gasteiger partial charge in [0.15, 0.2) is 5.79 Å². The molecule has 0 spiro atoms. The number of tetrazole rings is 1. The summed E-state index contributed by atoms with van der Waals surface area (Å²) in [6.07, 6.45) is 6.27. The minimum absolute atomic E-state index is 0.255. The topological polar surface area (TPSA) is 74.5 Å². The lowest BCUT2D eigenvalue weighted by Crippen LogP contribution is -2.47. The molecule has 3 atom stereocenters. The lowest BCUT2D eigenvalue weighted by atomic mass is 9.90. The Labute approximate surface area is 147 Å². The second-order valence-corrected chi connectivity index (χ2v) is 8.02. The Morgan fingerprint density at radius 3 is 2.80 bits per heavy atom. The standard InChI is InChI=1S/C17H27N5O3/c1-17(24-7-8-25-17)13-3-2-6-21(10-13)16-18-19-20-22(16)14-9-15(23-11-14)12-4-5-12/h12-15H,2-11H2,1H3. The molecule has 1 aromatic heterocycles. The summed E-state index contributed by atoms with van der Waals surface area (Å²) in [6, 6.07) is 0.255. The third kappa shape index (κ3) is 2.94. The van der Waals surface area contributed by atoms with Crippen LogP contribution in [0.5, 0.6) is 0 Å². The van der Waals surface area contributed by atoms with Crippen LogP contribution < -0.4 is 4.90 Å². The first-order valence-corrected chi connectivity index (χ1v) is 9.65. The van der Waals surface area contributed by atoms with Gasteiger partial charge in [0.25, 0.3) is 0 Å². The lowest BCUT2D eigenvalue weighted by molar-refractivity contribution is -0.182. The summed E-state index contributed by atoms with van der Waals surface area (Å²) in [7, 11) is 0. The average Bonchev–Trinajstić information content (AvgIpc) is 3.06. The van der Waals surface area contributed by atoms with E-state index in [2.05, 4.69) is 27.3 Å².